The summed E-state index contributed by atoms with van der Waals surface area (Å²) in [5.41, 5.74) is -0.551. The summed E-state index contributed by atoms with van der Waals surface area (Å²) in [7, 11) is 3.31. The predicted octanol–water partition coefficient (Wildman–Crippen LogP) is 1.66. The average molecular weight is 337 g/mol. The second-order valence-electron chi connectivity index (χ2n) is 4.49. The quantitative estimate of drug-likeness (QED) is 0.361. The molecule has 0 bridgehead atoms. The zero-order chi connectivity index (χ0) is 17.1. The molecule has 23 heavy (non-hydrogen) atoms. The van der Waals surface area contributed by atoms with Crippen LogP contribution < -0.4 is 0 Å². The van der Waals surface area contributed by atoms with E-state index in [0.29, 0.717) is 0 Å². The van der Waals surface area contributed by atoms with E-state index in [9.17, 15) is 20.2 Å². The van der Waals surface area contributed by atoms with Gasteiger partial charge in [0.1, 0.15) is 0 Å². The molecular formula is C11H11N7O4S. The van der Waals surface area contributed by atoms with Crippen molar-refractivity contribution in [3.63, 3.8) is 0 Å². The maximum atomic E-state index is 11.1. The van der Waals surface area contributed by atoms with E-state index in [-0.39, 0.29) is 27.1 Å². The lowest BCUT2D eigenvalue weighted by molar-refractivity contribution is -0.396. The molecule has 0 radical (unpaired) electrons. The van der Waals surface area contributed by atoms with Crippen LogP contribution >= 0.6 is 11.8 Å². The second kappa shape index (κ2) is 6.39. The number of benzene rings is 1. The third-order valence-corrected chi connectivity index (χ3v) is 3.79. The van der Waals surface area contributed by atoms with E-state index >= 15 is 0 Å². The highest BCUT2D eigenvalue weighted by Crippen LogP contribution is 2.37. The van der Waals surface area contributed by atoms with Gasteiger partial charge in [0, 0.05) is 20.2 Å². The van der Waals surface area contributed by atoms with E-state index in [1.807, 2.05) is 0 Å². The van der Waals surface area contributed by atoms with Gasteiger partial charge in [-0.15, -0.1) is 5.10 Å². The molecule has 0 amide bonds. The van der Waals surface area contributed by atoms with Crippen LogP contribution in [0.15, 0.2) is 28.1 Å². The number of H-pyrrole nitrogens is 1. The van der Waals surface area contributed by atoms with Crippen LogP contribution in [0.4, 0.5) is 11.4 Å². The maximum Gasteiger partial charge on any atom is 0.290 e. The zero-order valence-electron chi connectivity index (χ0n) is 12.0. The SMILES string of the molecule is CN(C)C(=N)c1n[nH]nc1Sc1ccc([N+](=O)[O-])cc1[N+](=O)[O-]. The van der Waals surface area contributed by atoms with Gasteiger partial charge in [0.25, 0.3) is 11.4 Å². The molecule has 2 aromatic rings. The minimum absolute atomic E-state index is 0.0748. The summed E-state index contributed by atoms with van der Waals surface area (Å²) in [4.78, 5) is 22.1. The number of hydrogen-bond donors (Lipinski definition) is 2. The van der Waals surface area contributed by atoms with Crippen molar-refractivity contribution in [2.24, 2.45) is 0 Å². The van der Waals surface area contributed by atoms with Gasteiger partial charge in [-0.2, -0.15) is 10.3 Å². The molecule has 1 heterocycles. The Balaban J connectivity index is 2.42. The number of nitro groups is 2. The minimum Gasteiger partial charge on any atom is -0.361 e. The largest absolute Gasteiger partial charge is 0.361 e. The lowest BCUT2D eigenvalue weighted by Gasteiger charge is -2.11. The van der Waals surface area contributed by atoms with Crippen LogP contribution in [0.5, 0.6) is 0 Å². The van der Waals surface area contributed by atoms with Crippen LogP contribution in [0.3, 0.4) is 0 Å². The summed E-state index contributed by atoms with van der Waals surface area (Å²) in [5, 5.41) is 40.1. The number of nitro benzene ring substituents is 2. The highest BCUT2D eigenvalue weighted by atomic mass is 32.2. The summed E-state index contributed by atoms with van der Waals surface area (Å²) in [6.45, 7) is 0. The molecule has 1 aromatic heterocycles. The van der Waals surface area contributed by atoms with E-state index in [1.165, 1.54) is 17.0 Å². The number of rotatable bonds is 5. The normalized spacial score (nSPS) is 10.3. The van der Waals surface area contributed by atoms with Gasteiger partial charge in [-0.05, 0) is 6.07 Å². The van der Waals surface area contributed by atoms with Crippen LogP contribution in [-0.4, -0.2) is 50.1 Å². The van der Waals surface area contributed by atoms with Gasteiger partial charge in [-0.3, -0.25) is 25.6 Å². The Morgan fingerprint density at radius 3 is 2.52 bits per heavy atom. The van der Waals surface area contributed by atoms with Crippen LogP contribution in [0.1, 0.15) is 5.69 Å². The van der Waals surface area contributed by atoms with Crippen molar-refractivity contribution >= 4 is 29.0 Å². The molecule has 0 aliphatic carbocycles. The molecule has 0 unspecified atom stereocenters. The molecule has 0 spiro atoms. The standard InChI is InChI=1S/C11H11N7O4S/c1-16(2)10(12)9-11(14-15-13-9)23-8-4-3-6(17(19)20)5-7(8)18(21)22/h3-5,12H,1-2H3,(H,13,14,15). The van der Waals surface area contributed by atoms with Gasteiger partial charge < -0.3 is 4.90 Å². The molecule has 0 aliphatic heterocycles. The average Bonchev–Trinajstić information content (AvgIpc) is 2.94. The number of non-ortho nitro benzene ring substituents is 1. The second-order valence-corrected chi connectivity index (χ2v) is 5.52. The molecule has 0 atom stereocenters. The molecule has 0 saturated heterocycles. The van der Waals surface area contributed by atoms with Crippen molar-refractivity contribution in [3.8, 4) is 0 Å². The van der Waals surface area contributed by atoms with Crippen molar-refractivity contribution in [2.45, 2.75) is 9.92 Å². The lowest BCUT2D eigenvalue weighted by atomic mass is 10.3. The van der Waals surface area contributed by atoms with Gasteiger partial charge >= 0.3 is 0 Å². The molecule has 2 rings (SSSR count). The monoisotopic (exact) mass is 337 g/mol. The number of amidine groups is 1. The summed E-state index contributed by atoms with van der Waals surface area (Å²) >= 11 is 0.905. The molecule has 2 N–H and O–H groups in total. The highest BCUT2D eigenvalue weighted by Gasteiger charge is 2.23. The van der Waals surface area contributed by atoms with Crippen LogP contribution in [0.25, 0.3) is 0 Å². The maximum absolute atomic E-state index is 11.1. The van der Waals surface area contributed by atoms with E-state index in [0.717, 1.165) is 17.8 Å². The number of aromatic amines is 1. The molecule has 11 nitrogen and oxygen atoms in total. The summed E-state index contributed by atoms with van der Waals surface area (Å²) < 4.78 is 0. The molecule has 0 aliphatic rings. The van der Waals surface area contributed by atoms with Crippen molar-refractivity contribution < 1.29 is 9.85 Å². The Labute approximate surface area is 133 Å². The van der Waals surface area contributed by atoms with E-state index in [2.05, 4.69) is 15.4 Å². The summed E-state index contributed by atoms with van der Waals surface area (Å²) in [5.74, 6) is 0.0748. The molecule has 1 aromatic carbocycles. The van der Waals surface area contributed by atoms with Crippen LogP contribution in [0.2, 0.25) is 0 Å². The first-order valence-electron chi connectivity index (χ1n) is 6.09. The Morgan fingerprint density at radius 2 is 1.96 bits per heavy atom. The summed E-state index contributed by atoms with van der Waals surface area (Å²) in [6, 6.07) is 3.34. The molecule has 0 saturated carbocycles. The zero-order valence-corrected chi connectivity index (χ0v) is 12.8. The third-order valence-electron chi connectivity index (χ3n) is 2.74. The van der Waals surface area contributed by atoms with Crippen molar-refractivity contribution in [2.75, 3.05) is 14.1 Å². The van der Waals surface area contributed by atoms with Crippen LogP contribution in [0, 0.1) is 25.6 Å². The fourth-order valence-corrected chi connectivity index (χ4v) is 2.52. The number of nitrogens with zero attached hydrogens (tertiary/aromatic N) is 5. The topological polar surface area (TPSA) is 155 Å². The summed E-state index contributed by atoms with van der Waals surface area (Å²) in [6.07, 6.45) is 0. The van der Waals surface area contributed by atoms with Gasteiger partial charge in [0.05, 0.1) is 20.8 Å². The Kier molecular flexibility index (Phi) is 4.55. The third kappa shape index (κ3) is 3.42. The minimum atomic E-state index is -0.704. The predicted molar refractivity (Wildman–Crippen MR) is 80.8 cm³/mol. The van der Waals surface area contributed by atoms with Crippen LogP contribution in [-0.2, 0) is 0 Å². The first kappa shape index (κ1) is 16.4. The fourth-order valence-electron chi connectivity index (χ4n) is 1.61. The van der Waals surface area contributed by atoms with Gasteiger partial charge in [0.2, 0.25) is 0 Å². The smallest absolute Gasteiger partial charge is 0.290 e. The first-order chi connectivity index (χ1) is 10.8. The number of hydrogen-bond acceptors (Lipinski definition) is 8. The first-order valence-corrected chi connectivity index (χ1v) is 6.90. The molecule has 120 valence electrons. The van der Waals surface area contributed by atoms with E-state index in [1.54, 1.807) is 14.1 Å². The van der Waals surface area contributed by atoms with E-state index in [4.69, 9.17) is 5.41 Å². The fraction of sp³-hybridized carbons (Fsp3) is 0.182. The lowest BCUT2D eigenvalue weighted by Crippen LogP contribution is -2.22. The van der Waals surface area contributed by atoms with Crippen molar-refractivity contribution in [3.05, 3.63) is 44.1 Å². The number of nitrogens with one attached hydrogen (secondary N) is 2. The van der Waals surface area contributed by atoms with Gasteiger partial charge in [0.15, 0.2) is 16.6 Å². The molecule has 12 heteroatoms. The van der Waals surface area contributed by atoms with Gasteiger partial charge in [-0.1, -0.05) is 11.8 Å². The van der Waals surface area contributed by atoms with Crippen molar-refractivity contribution in [1.82, 2.24) is 20.3 Å². The highest BCUT2D eigenvalue weighted by molar-refractivity contribution is 7.99. The van der Waals surface area contributed by atoms with Gasteiger partial charge in [-0.25, -0.2) is 0 Å². The Morgan fingerprint density at radius 1 is 1.26 bits per heavy atom. The van der Waals surface area contributed by atoms with Crippen molar-refractivity contribution in [1.29, 1.82) is 5.41 Å². The molecule has 0 fully saturated rings. The van der Waals surface area contributed by atoms with E-state index < -0.39 is 15.5 Å². The Bertz CT molecular complexity index is 788. The number of aromatic nitrogens is 3. The molecular weight excluding hydrogens is 326 g/mol. The Hall–Kier alpha value is -3.02.